The van der Waals surface area contributed by atoms with Gasteiger partial charge < -0.3 is 10.6 Å². The molecule has 1 heterocycles. The molecule has 0 bridgehead atoms. The van der Waals surface area contributed by atoms with Gasteiger partial charge in [0.1, 0.15) is 17.5 Å². The van der Waals surface area contributed by atoms with E-state index in [1.807, 2.05) is 12.3 Å². The first-order valence-electron chi connectivity index (χ1n) is 9.24. The van der Waals surface area contributed by atoms with Gasteiger partial charge in [-0.25, -0.2) is 17.9 Å². The van der Waals surface area contributed by atoms with Gasteiger partial charge in [-0.3, -0.25) is 4.99 Å². The topological polar surface area (TPSA) is 54.2 Å². The fraction of sp³-hybridized carbons (Fsp3) is 0.238. The highest BCUT2D eigenvalue weighted by atomic mass is 19.1. The third-order valence-electron chi connectivity index (χ3n) is 4.33. The van der Waals surface area contributed by atoms with Crippen molar-refractivity contribution in [2.45, 2.75) is 12.8 Å². The SMILES string of the molecule is CN=C(NCCc1ccn(-c2ccc(F)cc2)n1)NCCc1cc(F)ccc1F. The van der Waals surface area contributed by atoms with Crippen LogP contribution in [0.15, 0.2) is 59.7 Å². The number of aliphatic imine (C=N–C) groups is 1. The van der Waals surface area contributed by atoms with Gasteiger partial charge in [-0.2, -0.15) is 5.10 Å². The zero-order chi connectivity index (χ0) is 20.6. The summed E-state index contributed by atoms with van der Waals surface area (Å²) < 4.78 is 41.6. The highest BCUT2D eigenvalue weighted by Gasteiger charge is 2.06. The zero-order valence-corrected chi connectivity index (χ0v) is 16.0. The molecule has 1 aromatic heterocycles. The smallest absolute Gasteiger partial charge is 0.190 e. The number of nitrogens with zero attached hydrogens (tertiary/aromatic N) is 3. The van der Waals surface area contributed by atoms with E-state index in [2.05, 4.69) is 20.7 Å². The van der Waals surface area contributed by atoms with E-state index in [0.717, 1.165) is 23.5 Å². The Kier molecular flexibility index (Phi) is 6.89. The molecule has 3 rings (SSSR count). The highest BCUT2D eigenvalue weighted by Crippen LogP contribution is 2.10. The number of halogens is 3. The standard InChI is InChI=1S/C21H22F3N5/c1-25-21(26-11-8-15-14-17(23)4-7-20(15)24)27-12-9-18-10-13-29(28-18)19-5-2-16(22)3-6-19/h2-7,10,13-14H,8-9,11-12H2,1H3,(H2,25,26,27). The van der Waals surface area contributed by atoms with E-state index in [4.69, 9.17) is 0 Å². The van der Waals surface area contributed by atoms with E-state index in [1.54, 1.807) is 23.9 Å². The van der Waals surface area contributed by atoms with E-state index in [0.29, 0.717) is 37.5 Å². The maximum atomic E-state index is 13.6. The van der Waals surface area contributed by atoms with E-state index in [-0.39, 0.29) is 5.82 Å². The second kappa shape index (κ2) is 9.77. The summed E-state index contributed by atoms with van der Waals surface area (Å²) in [5.41, 5.74) is 1.98. The van der Waals surface area contributed by atoms with Gasteiger partial charge >= 0.3 is 0 Å². The summed E-state index contributed by atoms with van der Waals surface area (Å²) in [6.07, 6.45) is 2.82. The average Bonchev–Trinajstić information content (AvgIpc) is 3.18. The molecule has 8 heteroatoms. The van der Waals surface area contributed by atoms with Crippen LogP contribution < -0.4 is 10.6 Å². The number of aromatic nitrogens is 2. The lowest BCUT2D eigenvalue weighted by molar-refractivity contribution is 0.583. The van der Waals surface area contributed by atoms with Crippen LogP contribution in [0.2, 0.25) is 0 Å². The third kappa shape index (κ3) is 5.84. The largest absolute Gasteiger partial charge is 0.356 e. The van der Waals surface area contributed by atoms with Crippen LogP contribution in [0.3, 0.4) is 0 Å². The normalized spacial score (nSPS) is 11.5. The molecule has 0 aliphatic rings. The van der Waals surface area contributed by atoms with E-state index in [1.165, 1.54) is 18.2 Å². The molecule has 0 spiro atoms. The Hall–Kier alpha value is -3.29. The molecule has 0 saturated heterocycles. The fourth-order valence-electron chi connectivity index (χ4n) is 2.81. The first-order chi connectivity index (χ1) is 14.0. The van der Waals surface area contributed by atoms with E-state index < -0.39 is 11.6 Å². The summed E-state index contributed by atoms with van der Waals surface area (Å²) in [4.78, 5) is 4.12. The molecular formula is C21H22F3N5. The third-order valence-corrected chi connectivity index (χ3v) is 4.33. The fourth-order valence-corrected chi connectivity index (χ4v) is 2.81. The monoisotopic (exact) mass is 401 g/mol. The molecule has 0 radical (unpaired) electrons. The van der Waals surface area contributed by atoms with Crippen LogP contribution in [0.25, 0.3) is 5.69 Å². The van der Waals surface area contributed by atoms with Gasteiger partial charge in [-0.05, 0) is 60.5 Å². The molecule has 5 nitrogen and oxygen atoms in total. The summed E-state index contributed by atoms with van der Waals surface area (Å²) in [5.74, 6) is -0.596. The molecule has 29 heavy (non-hydrogen) atoms. The molecule has 3 aromatic rings. The minimum absolute atomic E-state index is 0.288. The lowest BCUT2D eigenvalue weighted by Crippen LogP contribution is -2.39. The maximum Gasteiger partial charge on any atom is 0.190 e. The number of hydrogen-bond acceptors (Lipinski definition) is 2. The van der Waals surface area contributed by atoms with Gasteiger partial charge in [-0.15, -0.1) is 0 Å². The Balaban J connectivity index is 1.44. The van der Waals surface area contributed by atoms with Crippen LogP contribution in [0.5, 0.6) is 0 Å². The molecular weight excluding hydrogens is 379 g/mol. The van der Waals surface area contributed by atoms with Crippen molar-refractivity contribution in [1.82, 2.24) is 20.4 Å². The van der Waals surface area contributed by atoms with Crippen LogP contribution in [0.1, 0.15) is 11.3 Å². The quantitative estimate of drug-likeness (QED) is 0.472. The summed E-state index contributed by atoms with van der Waals surface area (Å²) in [7, 11) is 1.64. The number of rotatable bonds is 7. The van der Waals surface area contributed by atoms with Crippen LogP contribution in [0, 0.1) is 17.5 Å². The molecule has 2 N–H and O–H groups in total. The summed E-state index contributed by atoms with van der Waals surface area (Å²) in [5, 5.41) is 10.7. The van der Waals surface area contributed by atoms with Crippen LogP contribution in [0.4, 0.5) is 13.2 Å². The first-order valence-corrected chi connectivity index (χ1v) is 9.24. The van der Waals surface area contributed by atoms with Crippen molar-refractivity contribution < 1.29 is 13.2 Å². The van der Waals surface area contributed by atoms with Crippen molar-refractivity contribution in [2.24, 2.45) is 4.99 Å². The number of benzene rings is 2. The predicted molar refractivity (Wildman–Crippen MR) is 107 cm³/mol. The summed E-state index contributed by atoms with van der Waals surface area (Å²) in [6, 6.07) is 11.4. The second-order valence-electron chi connectivity index (χ2n) is 6.39. The van der Waals surface area contributed by atoms with Crippen LogP contribution >= 0.6 is 0 Å². The van der Waals surface area contributed by atoms with Crippen molar-refractivity contribution in [1.29, 1.82) is 0 Å². The molecule has 0 amide bonds. The van der Waals surface area contributed by atoms with Crippen molar-refractivity contribution >= 4 is 5.96 Å². The van der Waals surface area contributed by atoms with Gasteiger partial charge in [0.15, 0.2) is 5.96 Å². The highest BCUT2D eigenvalue weighted by molar-refractivity contribution is 5.79. The minimum atomic E-state index is -0.455. The number of nitrogens with one attached hydrogen (secondary N) is 2. The van der Waals surface area contributed by atoms with Gasteiger partial charge in [0.05, 0.1) is 11.4 Å². The lowest BCUT2D eigenvalue weighted by Gasteiger charge is -2.11. The molecule has 0 saturated carbocycles. The molecule has 2 aromatic carbocycles. The van der Waals surface area contributed by atoms with Crippen molar-refractivity contribution in [3.63, 3.8) is 0 Å². The number of hydrogen-bond donors (Lipinski definition) is 2. The number of guanidine groups is 1. The molecule has 0 aliphatic carbocycles. The summed E-state index contributed by atoms with van der Waals surface area (Å²) >= 11 is 0. The summed E-state index contributed by atoms with van der Waals surface area (Å²) in [6.45, 7) is 1.01. The van der Waals surface area contributed by atoms with Crippen molar-refractivity contribution in [2.75, 3.05) is 20.1 Å². The van der Waals surface area contributed by atoms with Gasteiger partial charge in [-0.1, -0.05) is 0 Å². The van der Waals surface area contributed by atoms with Crippen LogP contribution in [-0.2, 0) is 12.8 Å². The molecule has 0 fully saturated rings. The van der Waals surface area contributed by atoms with Gasteiger partial charge in [0.2, 0.25) is 0 Å². The molecule has 0 atom stereocenters. The van der Waals surface area contributed by atoms with Gasteiger partial charge in [0.25, 0.3) is 0 Å². The van der Waals surface area contributed by atoms with Crippen LogP contribution in [-0.4, -0.2) is 35.9 Å². The van der Waals surface area contributed by atoms with Crippen molar-refractivity contribution in [3.8, 4) is 5.69 Å². The Bertz CT molecular complexity index is 967. The second-order valence-corrected chi connectivity index (χ2v) is 6.39. The Morgan fingerprint density at radius 2 is 1.62 bits per heavy atom. The molecule has 152 valence electrons. The lowest BCUT2D eigenvalue weighted by atomic mass is 10.1. The van der Waals surface area contributed by atoms with E-state index in [9.17, 15) is 13.2 Å². The minimum Gasteiger partial charge on any atom is -0.356 e. The Morgan fingerprint density at radius 3 is 2.34 bits per heavy atom. The Labute approximate surface area is 167 Å². The van der Waals surface area contributed by atoms with Gasteiger partial charge in [0, 0.05) is 32.8 Å². The molecule has 0 unspecified atom stereocenters. The van der Waals surface area contributed by atoms with Crippen molar-refractivity contribution in [3.05, 3.63) is 83.4 Å². The first kappa shape index (κ1) is 20.4. The zero-order valence-electron chi connectivity index (χ0n) is 16.0. The molecule has 0 aliphatic heterocycles. The Morgan fingerprint density at radius 1 is 0.931 bits per heavy atom. The average molecular weight is 401 g/mol. The maximum absolute atomic E-state index is 13.6. The predicted octanol–water partition coefficient (Wildman–Crippen LogP) is 3.24. The van der Waals surface area contributed by atoms with E-state index >= 15 is 0 Å².